The van der Waals surface area contributed by atoms with Crippen LogP contribution in [0.25, 0.3) is 0 Å². The van der Waals surface area contributed by atoms with Crippen molar-refractivity contribution in [3.8, 4) is 0 Å². The Morgan fingerprint density at radius 1 is 1.15 bits per heavy atom. The molecule has 2 aromatic rings. The fourth-order valence-electron chi connectivity index (χ4n) is 1.80. The highest BCUT2D eigenvalue weighted by Crippen LogP contribution is 2.32. The minimum absolute atomic E-state index is 0.217. The Balaban J connectivity index is 2.15. The number of nitrogens with one attached hydrogen (secondary N) is 1. The van der Waals surface area contributed by atoms with Crippen LogP contribution in [0.4, 0.5) is 4.39 Å². The predicted molar refractivity (Wildman–Crippen MR) is 84.0 cm³/mol. The second kappa shape index (κ2) is 7.67. The molecular weight excluding hydrogens is 293 g/mol. The van der Waals surface area contributed by atoms with Crippen molar-refractivity contribution in [2.45, 2.75) is 29.7 Å². The SMILES string of the molecule is CCCNCc1ccc(Cl)cc1Sc1ccc(F)cc1. The van der Waals surface area contributed by atoms with E-state index in [0.29, 0.717) is 5.02 Å². The van der Waals surface area contributed by atoms with Crippen molar-refractivity contribution in [3.63, 3.8) is 0 Å². The highest BCUT2D eigenvalue weighted by molar-refractivity contribution is 7.99. The first-order valence-corrected chi connectivity index (χ1v) is 7.81. The highest BCUT2D eigenvalue weighted by Gasteiger charge is 2.06. The van der Waals surface area contributed by atoms with Gasteiger partial charge in [0.05, 0.1) is 0 Å². The van der Waals surface area contributed by atoms with Gasteiger partial charge in [-0.1, -0.05) is 36.4 Å². The smallest absolute Gasteiger partial charge is 0.123 e. The molecule has 0 aliphatic heterocycles. The van der Waals surface area contributed by atoms with E-state index in [1.807, 2.05) is 18.2 Å². The van der Waals surface area contributed by atoms with Crippen molar-refractivity contribution in [3.05, 3.63) is 58.9 Å². The molecule has 2 aromatic carbocycles. The molecule has 2 rings (SSSR count). The Hall–Kier alpha value is -1.03. The molecule has 0 bridgehead atoms. The van der Waals surface area contributed by atoms with E-state index in [4.69, 9.17) is 11.6 Å². The van der Waals surface area contributed by atoms with E-state index in [9.17, 15) is 4.39 Å². The normalized spacial score (nSPS) is 10.8. The fraction of sp³-hybridized carbons (Fsp3) is 0.250. The van der Waals surface area contributed by atoms with Gasteiger partial charge in [0.2, 0.25) is 0 Å². The number of hydrogen-bond acceptors (Lipinski definition) is 2. The van der Waals surface area contributed by atoms with Crippen LogP contribution in [-0.4, -0.2) is 6.54 Å². The third-order valence-electron chi connectivity index (χ3n) is 2.81. The van der Waals surface area contributed by atoms with Gasteiger partial charge < -0.3 is 5.32 Å². The second-order valence-electron chi connectivity index (χ2n) is 4.48. The summed E-state index contributed by atoms with van der Waals surface area (Å²) >= 11 is 7.68. The average molecular weight is 310 g/mol. The van der Waals surface area contributed by atoms with Gasteiger partial charge in [0.1, 0.15) is 5.82 Å². The molecule has 0 aliphatic rings. The van der Waals surface area contributed by atoms with E-state index in [1.165, 1.54) is 17.7 Å². The molecule has 0 aliphatic carbocycles. The van der Waals surface area contributed by atoms with Gasteiger partial charge >= 0.3 is 0 Å². The Bertz CT molecular complexity index is 557. The summed E-state index contributed by atoms with van der Waals surface area (Å²) in [6.45, 7) is 3.95. The molecule has 0 aromatic heterocycles. The molecule has 0 saturated carbocycles. The zero-order chi connectivity index (χ0) is 14.4. The quantitative estimate of drug-likeness (QED) is 0.742. The highest BCUT2D eigenvalue weighted by atomic mass is 35.5. The minimum Gasteiger partial charge on any atom is -0.313 e. The molecule has 106 valence electrons. The summed E-state index contributed by atoms with van der Waals surface area (Å²) in [7, 11) is 0. The molecule has 0 spiro atoms. The summed E-state index contributed by atoms with van der Waals surface area (Å²) in [6, 6.07) is 12.4. The average Bonchev–Trinajstić information content (AvgIpc) is 2.44. The van der Waals surface area contributed by atoms with Gasteiger partial charge in [0.15, 0.2) is 0 Å². The van der Waals surface area contributed by atoms with E-state index in [1.54, 1.807) is 23.9 Å². The van der Waals surface area contributed by atoms with Crippen molar-refractivity contribution in [2.24, 2.45) is 0 Å². The maximum absolute atomic E-state index is 12.9. The van der Waals surface area contributed by atoms with Crippen molar-refractivity contribution in [2.75, 3.05) is 6.54 Å². The van der Waals surface area contributed by atoms with Crippen LogP contribution in [0.5, 0.6) is 0 Å². The third-order valence-corrected chi connectivity index (χ3v) is 4.16. The molecule has 0 radical (unpaired) electrons. The lowest BCUT2D eigenvalue weighted by Gasteiger charge is -2.10. The molecule has 0 amide bonds. The van der Waals surface area contributed by atoms with E-state index in [-0.39, 0.29) is 5.82 Å². The summed E-state index contributed by atoms with van der Waals surface area (Å²) in [6.07, 6.45) is 1.11. The summed E-state index contributed by atoms with van der Waals surface area (Å²) in [5, 5.41) is 4.11. The number of rotatable bonds is 6. The van der Waals surface area contributed by atoms with Gasteiger partial charge in [-0.2, -0.15) is 0 Å². The Kier molecular flexibility index (Phi) is 5.89. The molecule has 0 heterocycles. The van der Waals surface area contributed by atoms with Gasteiger partial charge in [0.25, 0.3) is 0 Å². The standard InChI is InChI=1S/C16H17ClFNS/c1-2-9-19-11-12-3-4-13(17)10-16(12)20-15-7-5-14(18)6-8-15/h3-8,10,19H,2,9,11H2,1H3. The topological polar surface area (TPSA) is 12.0 Å². The lowest BCUT2D eigenvalue weighted by atomic mass is 10.2. The molecular formula is C16H17ClFNS. The minimum atomic E-state index is -0.217. The summed E-state index contributed by atoms with van der Waals surface area (Å²) in [4.78, 5) is 2.11. The van der Waals surface area contributed by atoms with Crippen LogP contribution in [0, 0.1) is 5.82 Å². The largest absolute Gasteiger partial charge is 0.313 e. The zero-order valence-corrected chi connectivity index (χ0v) is 12.9. The van der Waals surface area contributed by atoms with Crippen LogP contribution < -0.4 is 5.32 Å². The van der Waals surface area contributed by atoms with Crippen LogP contribution in [0.15, 0.2) is 52.3 Å². The Morgan fingerprint density at radius 2 is 1.90 bits per heavy atom. The van der Waals surface area contributed by atoms with E-state index in [2.05, 4.69) is 12.2 Å². The first kappa shape index (κ1) is 15.4. The van der Waals surface area contributed by atoms with Gasteiger partial charge in [-0.05, 0) is 54.9 Å². The molecule has 0 fully saturated rings. The summed E-state index contributed by atoms with van der Waals surface area (Å²) in [5.41, 5.74) is 1.21. The summed E-state index contributed by atoms with van der Waals surface area (Å²) < 4.78 is 12.9. The summed E-state index contributed by atoms with van der Waals surface area (Å²) in [5.74, 6) is -0.217. The van der Waals surface area contributed by atoms with Gasteiger partial charge in [-0.25, -0.2) is 4.39 Å². The Morgan fingerprint density at radius 3 is 2.60 bits per heavy atom. The molecule has 20 heavy (non-hydrogen) atoms. The van der Waals surface area contributed by atoms with Crippen LogP contribution in [0.2, 0.25) is 5.02 Å². The fourth-order valence-corrected chi connectivity index (χ4v) is 3.02. The van der Waals surface area contributed by atoms with E-state index in [0.717, 1.165) is 29.3 Å². The van der Waals surface area contributed by atoms with Crippen molar-refractivity contribution < 1.29 is 4.39 Å². The van der Waals surface area contributed by atoms with Gasteiger partial charge in [-0.15, -0.1) is 0 Å². The molecule has 1 nitrogen and oxygen atoms in total. The van der Waals surface area contributed by atoms with Crippen molar-refractivity contribution in [1.82, 2.24) is 5.32 Å². The van der Waals surface area contributed by atoms with Gasteiger partial charge in [-0.3, -0.25) is 0 Å². The molecule has 0 atom stereocenters. The van der Waals surface area contributed by atoms with Crippen LogP contribution >= 0.6 is 23.4 Å². The van der Waals surface area contributed by atoms with Crippen LogP contribution in [0.3, 0.4) is 0 Å². The third kappa shape index (κ3) is 4.51. The maximum Gasteiger partial charge on any atom is 0.123 e. The lowest BCUT2D eigenvalue weighted by molar-refractivity contribution is 0.626. The Labute approximate surface area is 128 Å². The van der Waals surface area contributed by atoms with E-state index < -0.39 is 0 Å². The molecule has 1 N–H and O–H groups in total. The number of halogens is 2. The lowest BCUT2D eigenvalue weighted by Crippen LogP contribution is -2.14. The first-order valence-electron chi connectivity index (χ1n) is 6.61. The van der Waals surface area contributed by atoms with Crippen LogP contribution in [-0.2, 0) is 6.54 Å². The van der Waals surface area contributed by atoms with Crippen molar-refractivity contribution >= 4 is 23.4 Å². The molecule has 0 unspecified atom stereocenters. The molecule has 4 heteroatoms. The monoisotopic (exact) mass is 309 g/mol. The maximum atomic E-state index is 12.9. The van der Waals surface area contributed by atoms with E-state index >= 15 is 0 Å². The number of benzene rings is 2. The zero-order valence-electron chi connectivity index (χ0n) is 11.3. The predicted octanol–water partition coefficient (Wildman–Crippen LogP) is 5.13. The van der Waals surface area contributed by atoms with Crippen LogP contribution in [0.1, 0.15) is 18.9 Å². The second-order valence-corrected chi connectivity index (χ2v) is 6.04. The number of hydrogen-bond donors (Lipinski definition) is 1. The van der Waals surface area contributed by atoms with Gasteiger partial charge in [0, 0.05) is 21.4 Å². The van der Waals surface area contributed by atoms with Crippen molar-refractivity contribution in [1.29, 1.82) is 0 Å². The molecule has 0 saturated heterocycles. The first-order chi connectivity index (χ1) is 9.69.